The van der Waals surface area contributed by atoms with Crippen LogP contribution in [0.3, 0.4) is 0 Å². The Bertz CT molecular complexity index is 292. The molecule has 1 heterocycles. The van der Waals surface area contributed by atoms with Crippen molar-refractivity contribution in [3.63, 3.8) is 0 Å². The Kier molecular flexibility index (Phi) is 5.66. The summed E-state index contributed by atoms with van der Waals surface area (Å²) in [6, 6.07) is -0.801. The van der Waals surface area contributed by atoms with E-state index >= 15 is 0 Å². The van der Waals surface area contributed by atoms with Crippen LogP contribution in [0.4, 0.5) is 9.59 Å². The van der Waals surface area contributed by atoms with Crippen LogP contribution in [-0.2, 0) is 4.74 Å². The molecule has 1 saturated heterocycles. The molecule has 1 fully saturated rings. The average Bonchev–Trinajstić information content (AvgIpc) is 2.34. The maximum Gasteiger partial charge on any atom is 0.426 e. The summed E-state index contributed by atoms with van der Waals surface area (Å²) in [6.45, 7) is 0.760. The van der Waals surface area contributed by atoms with Crippen LogP contribution in [-0.4, -0.2) is 58.4 Å². The minimum Gasteiger partial charge on any atom is -0.464 e. The van der Waals surface area contributed by atoms with Crippen molar-refractivity contribution < 1.29 is 29.6 Å². The van der Waals surface area contributed by atoms with E-state index in [-0.39, 0.29) is 5.92 Å². The zero-order valence-corrected chi connectivity index (χ0v) is 9.91. The summed E-state index contributed by atoms with van der Waals surface area (Å²) in [5, 5.41) is 27.2. The van der Waals surface area contributed by atoms with Gasteiger partial charge in [-0.05, 0) is 25.2 Å². The van der Waals surface area contributed by atoms with E-state index in [2.05, 4.69) is 0 Å². The van der Waals surface area contributed by atoms with Crippen molar-refractivity contribution in [1.29, 1.82) is 0 Å². The zero-order valence-electron chi connectivity index (χ0n) is 9.91. The Labute approximate surface area is 104 Å². The molecule has 2 amide bonds. The SMILES string of the molecule is O=C(O)NN(C(=O)O)C(CO)CC1CCCOC1. The van der Waals surface area contributed by atoms with Gasteiger partial charge in [0.1, 0.15) is 0 Å². The molecule has 8 heteroatoms. The fraction of sp³-hybridized carbons (Fsp3) is 0.800. The molecule has 104 valence electrons. The van der Waals surface area contributed by atoms with Gasteiger partial charge in [-0.3, -0.25) is 0 Å². The standard InChI is InChI=1S/C10H18N2O6/c13-5-8(4-7-2-1-3-18-6-7)12(10(16)17)11-9(14)15/h7-8,11,13H,1-6H2,(H,14,15)(H,16,17). The second-order valence-corrected chi connectivity index (χ2v) is 4.22. The Hall–Kier alpha value is -1.54. The number of amides is 2. The summed E-state index contributed by atoms with van der Waals surface area (Å²) in [7, 11) is 0. The molecule has 1 aliphatic rings. The monoisotopic (exact) mass is 262 g/mol. The molecule has 0 spiro atoms. The van der Waals surface area contributed by atoms with E-state index in [0.29, 0.717) is 24.6 Å². The summed E-state index contributed by atoms with van der Waals surface area (Å²) in [5.74, 6) is 0.133. The fourth-order valence-electron chi connectivity index (χ4n) is 2.04. The van der Waals surface area contributed by atoms with E-state index in [1.165, 1.54) is 0 Å². The van der Waals surface area contributed by atoms with E-state index in [1.54, 1.807) is 5.43 Å². The minimum absolute atomic E-state index is 0.133. The molecule has 8 nitrogen and oxygen atoms in total. The van der Waals surface area contributed by atoms with Crippen molar-refractivity contribution in [2.45, 2.75) is 25.3 Å². The predicted molar refractivity (Wildman–Crippen MR) is 60.1 cm³/mol. The maximum atomic E-state index is 10.9. The molecule has 0 aromatic carbocycles. The zero-order chi connectivity index (χ0) is 13.5. The number of rotatable bonds is 4. The third kappa shape index (κ3) is 4.38. The Morgan fingerprint density at radius 1 is 1.44 bits per heavy atom. The van der Waals surface area contributed by atoms with Crippen molar-refractivity contribution in [1.82, 2.24) is 10.4 Å². The van der Waals surface area contributed by atoms with E-state index in [9.17, 15) is 14.7 Å². The molecule has 0 saturated carbocycles. The Balaban J connectivity index is 2.59. The highest BCUT2D eigenvalue weighted by molar-refractivity contribution is 5.71. The highest BCUT2D eigenvalue weighted by Crippen LogP contribution is 2.20. The van der Waals surface area contributed by atoms with Gasteiger partial charge in [-0.15, -0.1) is 0 Å². The first-order valence-corrected chi connectivity index (χ1v) is 5.75. The lowest BCUT2D eigenvalue weighted by atomic mass is 9.94. The topological polar surface area (TPSA) is 119 Å². The van der Waals surface area contributed by atoms with Gasteiger partial charge in [0.25, 0.3) is 0 Å². The molecule has 0 bridgehead atoms. The normalized spacial score (nSPS) is 21.1. The van der Waals surface area contributed by atoms with Gasteiger partial charge < -0.3 is 20.1 Å². The van der Waals surface area contributed by atoms with Crippen LogP contribution in [0.2, 0.25) is 0 Å². The Morgan fingerprint density at radius 3 is 2.61 bits per heavy atom. The molecule has 0 aliphatic carbocycles. The van der Waals surface area contributed by atoms with Crippen molar-refractivity contribution >= 4 is 12.2 Å². The molecule has 4 N–H and O–H groups in total. The largest absolute Gasteiger partial charge is 0.464 e. The number of hydrazine groups is 1. The van der Waals surface area contributed by atoms with E-state index in [4.69, 9.17) is 14.9 Å². The van der Waals surface area contributed by atoms with Gasteiger partial charge in [-0.2, -0.15) is 0 Å². The molecule has 2 unspecified atom stereocenters. The molecule has 0 radical (unpaired) electrons. The molecule has 0 aromatic heterocycles. The Morgan fingerprint density at radius 2 is 2.17 bits per heavy atom. The molecular formula is C10H18N2O6. The third-order valence-corrected chi connectivity index (χ3v) is 2.86. The number of hydrogen-bond donors (Lipinski definition) is 4. The second-order valence-electron chi connectivity index (χ2n) is 4.22. The number of hydrogen-bond acceptors (Lipinski definition) is 4. The first-order valence-electron chi connectivity index (χ1n) is 5.75. The van der Waals surface area contributed by atoms with Crippen molar-refractivity contribution in [2.24, 2.45) is 5.92 Å². The first kappa shape index (κ1) is 14.5. The van der Waals surface area contributed by atoms with Crippen LogP contribution >= 0.6 is 0 Å². The summed E-state index contributed by atoms with van der Waals surface area (Å²) in [5.41, 5.74) is 1.77. The summed E-state index contributed by atoms with van der Waals surface area (Å²) in [6.07, 6.45) is -0.772. The number of carboxylic acid groups (broad SMARTS) is 2. The highest BCUT2D eigenvalue weighted by atomic mass is 16.5. The number of aliphatic hydroxyl groups excluding tert-OH is 1. The van der Waals surface area contributed by atoms with Crippen LogP contribution in [0, 0.1) is 5.92 Å². The predicted octanol–water partition coefficient (Wildman–Crippen LogP) is 0.327. The van der Waals surface area contributed by atoms with Gasteiger partial charge in [0.15, 0.2) is 0 Å². The second kappa shape index (κ2) is 7.02. The highest BCUT2D eigenvalue weighted by Gasteiger charge is 2.28. The first-order chi connectivity index (χ1) is 8.54. The number of carbonyl (C=O) groups is 2. The van der Waals surface area contributed by atoms with Gasteiger partial charge in [0.2, 0.25) is 0 Å². The molecular weight excluding hydrogens is 244 g/mol. The summed E-state index contributed by atoms with van der Waals surface area (Å²) in [4.78, 5) is 21.4. The summed E-state index contributed by atoms with van der Waals surface area (Å²) >= 11 is 0. The van der Waals surface area contributed by atoms with Gasteiger partial charge in [-0.25, -0.2) is 20.0 Å². The van der Waals surface area contributed by atoms with Crippen LogP contribution in [0.15, 0.2) is 0 Å². The van der Waals surface area contributed by atoms with Gasteiger partial charge >= 0.3 is 12.2 Å². The van der Waals surface area contributed by atoms with Gasteiger partial charge in [0.05, 0.1) is 12.6 Å². The van der Waals surface area contributed by atoms with E-state index in [0.717, 1.165) is 12.8 Å². The van der Waals surface area contributed by atoms with Crippen LogP contribution in [0.5, 0.6) is 0 Å². The van der Waals surface area contributed by atoms with Crippen LogP contribution < -0.4 is 5.43 Å². The lowest BCUT2D eigenvalue weighted by Gasteiger charge is -2.31. The lowest BCUT2D eigenvalue weighted by molar-refractivity contribution is 0.0179. The molecule has 1 rings (SSSR count). The van der Waals surface area contributed by atoms with Crippen molar-refractivity contribution in [3.05, 3.63) is 0 Å². The fourth-order valence-corrected chi connectivity index (χ4v) is 2.04. The van der Waals surface area contributed by atoms with E-state index < -0.39 is 24.8 Å². The van der Waals surface area contributed by atoms with E-state index in [1.807, 2.05) is 0 Å². The number of nitrogens with one attached hydrogen (secondary N) is 1. The average molecular weight is 262 g/mol. The molecule has 18 heavy (non-hydrogen) atoms. The molecule has 0 aromatic rings. The number of ether oxygens (including phenoxy) is 1. The number of nitrogens with zero attached hydrogens (tertiary/aromatic N) is 1. The number of aliphatic hydroxyl groups is 1. The smallest absolute Gasteiger partial charge is 0.426 e. The van der Waals surface area contributed by atoms with Gasteiger partial charge in [-0.1, -0.05) is 0 Å². The summed E-state index contributed by atoms with van der Waals surface area (Å²) < 4.78 is 5.26. The lowest BCUT2D eigenvalue weighted by Crippen LogP contribution is -2.53. The van der Waals surface area contributed by atoms with Crippen LogP contribution in [0.25, 0.3) is 0 Å². The quantitative estimate of drug-likeness (QED) is 0.542. The molecule has 1 aliphatic heterocycles. The van der Waals surface area contributed by atoms with Crippen molar-refractivity contribution in [3.8, 4) is 0 Å². The minimum atomic E-state index is -1.48. The third-order valence-electron chi connectivity index (χ3n) is 2.86. The maximum absolute atomic E-state index is 10.9. The van der Waals surface area contributed by atoms with Gasteiger partial charge in [0, 0.05) is 13.2 Å². The molecule has 2 atom stereocenters. The van der Waals surface area contributed by atoms with Crippen LogP contribution in [0.1, 0.15) is 19.3 Å². The van der Waals surface area contributed by atoms with Crippen molar-refractivity contribution in [2.75, 3.05) is 19.8 Å².